The van der Waals surface area contributed by atoms with Crippen LogP contribution in [0.25, 0.3) is 0 Å². The third-order valence-corrected chi connectivity index (χ3v) is 2.78. The van der Waals surface area contributed by atoms with E-state index in [0.717, 1.165) is 6.42 Å². The van der Waals surface area contributed by atoms with Gasteiger partial charge in [0.2, 0.25) is 10.1 Å². The van der Waals surface area contributed by atoms with Crippen LogP contribution in [0, 0.1) is 5.92 Å². The Kier molecular flexibility index (Phi) is 4.48. The van der Waals surface area contributed by atoms with Crippen molar-refractivity contribution < 1.29 is 4.79 Å². The molecule has 0 aliphatic carbocycles. The predicted molar refractivity (Wildman–Crippen MR) is 61.2 cm³/mol. The molecule has 0 saturated carbocycles. The maximum atomic E-state index is 11.5. The van der Waals surface area contributed by atoms with E-state index >= 15 is 0 Å². The Morgan fingerprint density at radius 1 is 1.47 bits per heavy atom. The number of carbonyl (C=O) groups excluding carboxylic acids is 1. The van der Waals surface area contributed by atoms with Crippen molar-refractivity contribution in [3.63, 3.8) is 0 Å². The second kappa shape index (κ2) is 5.65. The molecular formula is C9H16N4OS. The lowest BCUT2D eigenvalue weighted by atomic mass is 10.1. The van der Waals surface area contributed by atoms with Gasteiger partial charge in [-0.2, -0.15) is 0 Å². The highest BCUT2D eigenvalue weighted by Gasteiger charge is 2.11. The largest absolute Gasteiger partial charge is 0.363 e. The number of aromatic nitrogens is 2. The highest BCUT2D eigenvalue weighted by Crippen LogP contribution is 2.13. The van der Waals surface area contributed by atoms with E-state index in [1.807, 2.05) is 0 Å². The van der Waals surface area contributed by atoms with Crippen LogP contribution in [0.1, 0.15) is 30.1 Å². The molecule has 0 spiro atoms. The first-order chi connectivity index (χ1) is 7.13. The van der Waals surface area contributed by atoms with Gasteiger partial charge >= 0.3 is 0 Å². The molecule has 0 bridgehead atoms. The Labute approximate surface area is 93.3 Å². The molecular weight excluding hydrogens is 212 g/mol. The Bertz CT molecular complexity index is 324. The van der Waals surface area contributed by atoms with Crippen molar-refractivity contribution in [1.82, 2.24) is 15.5 Å². The Morgan fingerprint density at radius 3 is 2.73 bits per heavy atom. The lowest BCUT2D eigenvalue weighted by molar-refractivity contribution is 0.0951. The Balaban J connectivity index is 2.40. The van der Waals surface area contributed by atoms with Gasteiger partial charge in [0, 0.05) is 13.6 Å². The summed E-state index contributed by atoms with van der Waals surface area (Å²) in [5, 5.41) is 14.3. The summed E-state index contributed by atoms with van der Waals surface area (Å²) in [6, 6.07) is 0. The number of nitrogens with one attached hydrogen (secondary N) is 2. The highest BCUT2D eigenvalue weighted by atomic mass is 32.1. The molecule has 0 aliphatic heterocycles. The molecule has 6 heteroatoms. The third kappa shape index (κ3) is 3.83. The zero-order valence-electron chi connectivity index (χ0n) is 9.20. The fraction of sp³-hybridized carbons (Fsp3) is 0.667. The van der Waals surface area contributed by atoms with Crippen LogP contribution in [0.3, 0.4) is 0 Å². The molecule has 0 saturated heterocycles. The number of anilines is 1. The molecule has 0 radical (unpaired) electrons. The number of carbonyl (C=O) groups is 1. The minimum Gasteiger partial charge on any atom is -0.363 e. The fourth-order valence-electron chi connectivity index (χ4n) is 0.966. The molecule has 5 nitrogen and oxygen atoms in total. The molecule has 0 aliphatic rings. The number of nitrogens with zero attached hydrogens (tertiary/aromatic N) is 2. The minimum absolute atomic E-state index is 0.144. The summed E-state index contributed by atoms with van der Waals surface area (Å²) >= 11 is 1.25. The van der Waals surface area contributed by atoms with E-state index in [-0.39, 0.29) is 5.91 Å². The number of amides is 1. The van der Waals surface area contributed by atoms with Gasteiger partial charge in [0.05, 0.1) is 0 Å². The van der Waals surface area contributed by atoms with Gasteiger partial charge in [-0.25, -0.2) is 0 Å². The molecule has 1 aromatic rings. The van der Waals surface area contributed by atoms with E-state index in [2.05, 4.69) is 34.7 Å². The zero-order chi connectivity index (χ0) is 11.3. The quantitative estimate of drug-likeness (QED) is 0.798. The lowest BCUT2D eigenvalue weighted by Gasteiger charge is -2.04. The van der Waals surface area contributed by atoms with Gasteiger partial charge in [-0.05, 0) is 12.3 Å². The summed E-state index contributed by atoms with van der Waals surface area (Å²) in [5.74, 6) is 0.447. The average Bonchev–Trinajstić information content (AvgIpc) is 2.65. The smallest absolute Gasteiger partial charge is 0.282 e. The maximum Gasteiger partial charge on any atom is 0.282 e. The average molecular weight is 228 g/mol. The second-order valence-electron chi connectivity index (χ2n) is 3.60. The van der Waals surface area contributed by atoms with Crippen LogP contribution in [-0.4, -0.2) is 29.7 Å². The van der Waals surface area contributed by atoms with Crippen molar-refractivity contribution in [2.24, 2.45) is 5.92 Å². The first kappa shape index (κ1) is 11.9. The normalized spacial score (nSPS) is 10.4. The maximum absolute atomic E-state index is 11.5. The Morgan fingerprint density at radius 2 is 2.20 bits per heavy atom. The van der Waals surface area contributed by atoms with Crippen LogP contribution in [0.4, 0.5) is 5.13 Å². The van der Waals surface area contributed by atoms with Crippen LogP contribution in [-0.2, 0) is 0 Å². The summed E-state index contributed by atoms with van der Waals surface area (Å²) in [7, 11) is 1.75. The minimum atomic E-state index is -0.144. The van der Waals surface area contributed by atoms with Crippen molar-refractivity contribution in [1.29, 1.82) is 0 Å². The predicted octanol–water partition coefficient (Wildman–Crippen LogP) is 1.36. The fourth-order valence-corrected chi connectivity index (χ4v) is 1.58. The molecule has 1 aromatic heterocycles. The third-order valence-electron chi connectivity index (χ3n) is 1.84. The van der Waals surface area contributed by atoms with Gasteiger partial charge in [0.25, 0.3) is 5.91 Å². The van der Waals surface area contributed by atoms with Gasteiger partial charge in [0.15, 0.2) is 0 Å². The van der Waals surface area contributed by atoms with Crippen molar-refractivity contribution in [2.45, 2.75) is 20.3 Å². The van der Waals surface area contributed by atoms with Gasteiger partial charge in [-0.15, -0.1) is 10.2 Å². The first-order valence-electron chi connectivity index (χ1n) is 4.93. The van der Waals surface area contributed by atoms with Crippen LogP contribution >= 0.6 is 11.3 Å². The zero-order valence-corrected chi connectivity index (χ0v) is 10.0. The van der Waals surface area contributed by atoms with Crippen molar-refractivity contribution >= 4 is 22.4 Å². The molecule has 1 heterocycles. The van der Waals surface area contributed by atoms with Gasteiger partial charge < -0.3 is 10.6 Å². The van der Waals surface area contributed by atoms with E-state index in [9.17, 15) is 4.79 Å². The second-order valence-corrected chi connectivity index (χ2v) is 4.58. The molecule has 1 amide bonds. The molecule has 0 atom stereocenters. The van der Waals surface area contributed by atoms with Crippen molar-refractivity contribution in [2.75, 3.05) is 18.9 Å². The van der Waals surface area contributed by atoms with E-state index in [4.69, 9.17) is 0 Å². The summed E-state index contributed by atoms with van der Waals surface area (Å²) in [4.78, 5) is 11.5. The topological polar surface area (TPSA) is 66.9 Å². The summed E-state index contributed by atoms with van der Waals surface area (Å²) in [6.07, 6.45) is 0.976. The summed E-state index contributed by atoms with van der Waals surface area (Å²) in [6.45, 7) is 4.93. The monoisotopic (exact) mass is 228 g/mol. The van der Waals surface area contributed by atoms with Crippen molar-refractivity contribution in [3.05, 3.63) is 5.01 Å². The van der Waals surface area contributed by atoms with Crippen LogP contribution in [0.2, 0.25) is 0 Å². The lowest BCUT2D eigenvalue weighted by Crippen LogP contribution is -2.25. The van der Waals surface area contributed by atoms with Gasteiger partial charge in [-0.3, -0.25) is 4.79 Å². The first-order valence-corrected chi connectivity index (χ1v) is 5.74. The molecule has 0 fully saturated rings. The standard InChI is InChI=1S/C9H16N4OS/c1-6(2)4-5-11-7(14)8-12-13-9(10-3)15-8/h6H,4-5H2,1-3H3,(H,10,13)(H,11,14). The van der Waals surface area contributed by atoms with Crippen molar-refractivity contribution in [3.8, 4) is 0 Å². The van der Waals surface area contributed by atoms with E-state index in [1.165, 1.54) is 11.3 Å². The molecule has 84 valence electrons. The number of rotatable bonds is 5. The van der Waals surface area contributed by atoms with E-state index < -0.39 is 0 Å². The van der Waals surface area contributed by atoms with E-state index in [0.29, 0.717) is 22.6 Å². The van der Waals surface area contributed by atoms with Crippen LogP contribution in [0.5, 0.6) is 0 Å². The van der Waals surface area contributed by atoms with Gasteiger partial charge in [0.1, 0.15) is 0 Å². The molecule has 0 unspecified atom stereocenters. The molecule has 15 heavy (non-hydrogen) atoms. The number of hydrogen-bond donors (Lipinski definition) is 2. The molecule has 2 N–H and O–H groups in total. The number of hydrogen-bond acceptors (Lipinski definition) is 5. The molecule has 0 aromatic carbocycles. The summed E-state index contributed by atoms with van der Waals surface area (Å²) < 4.78 is 0. The molecule has 1 rings (SSSR count). The van der Waals surface area contributed by atoms with Crippen LogP contribution < -0.4 is 10.6 Å². The van der Waals surface area contributed by atoms with Crippen LogP contribution in [0.15, 0.2) is 0 Å². The SMILES string of the molecule is CNc1nnc(C(=O)NCCC(C)C)s1. The highest BCUT2D eigenvalue weighted by molar-refractivity contribution is 7.17. The van der Waals surface area contributed by atoms with Gasteiger partial charge in [-0.1, -0.05) is 25.2 Å². The van der Waals surface area contributed by atoms with E-state index in [1.54, 1.807) is 7.05 Å². The Hall–Kier alpha value is -1.17. The summed E-state index contributed by atoms with van der Waals surface area (Å²) in [5.41, 5.74) is 0.